The number of amides is 1. The normalized spacial score (nSPS) is 17.6. The first-order chi connectivity index (χ1) is 6.61. The second-order valence-corrected chi connectivity index (χ2v) is 4.01. The largest absolute Gasteiger partial charge is 0.381 e. The Labute approximate surface area is 85.7 Å². The van der Waals surface area contributed by atoms with Crippen LogP contribution in [-0.2, 0) is 9.53 Å². The fourth-order valence-electron chi connectivity index (χ4n) is 1.60. The van der Waals surface area contributed by atoms with Crippen LogP contribution in [-0.4, -0.2) is 37.1 Å². The molecule has 0 radical (unpaired) electrons. The van der Waals surface area contributed by atoms with E-state index in [1.165, 1.54) is 0 Å². The lowest BCUT2D eigenvalue weighted by Crippen LogP contribution is -2.39. The molecular formula is C11H19NO2. The van der Waals surface area contributed by atoms with Gasteiger partial charge in [0.25, 0.3) is 0 Å². The molecule has 3 heteroatoms. The number of allylic oxidation sites excluding steroid dienone is 1. The van der Waals surface area contributed by atoms with Crippen molar-refractivity contribution in [3.63, 3.8) is 0 Å². The standard InChI is InChI=1S/C11H19NO2/c1-9(2)8-11(13)12(3)10-4-6-14-7-5-10/h8,10H,4-7H2,1-3H3. The molecule has 1 amide bonds. The van der Waals surface area contributed by atoms with E-state index in [-0.39, 0.29) is 5.91 Å². The van der Waals surface area contributed by atoms with Crippen molar-refractivity contribution < 1.29 is 9.53 Å². The van der Waals surface area contributed by atoms with E-state index in [2.05, 4.69) is 0 Å². The van der Waals surface area contributed by atoms with E-state index in [4.69, 9.17) is 4.74 Å². The highest BCUT2D eigenvalue weighted by atomic mass is 16.5. The molecular weight excluding hydrogens is 178 g/mol. The lowest BCUT2D eigenvalue weighted by atomic mass is 10.1. The zero-order valence-corrected chi connectivity index (χ0v) is 9.25. The van der Waals surface area contributed by atoms with Crippen LogP contribution in [0.4, 0.5) is 0 Å². The molecule has 1 rings (SSSR count). The Morgan fingerprint density at radius 1 is 1.36 bits per heavy atom. The van der Waals surface area contributed by atoms with Crippen LogP contribution in [0.1, 0.15) is 26.7 Å². The van der Waals surface area contributed by atoms with Crippen molar-refractivity contribution in [1.82, 2.24) is 4.90 Å². The maximum absolute atomic E-state index is 11.7. The summed E-state index contributed by atoms with van der Waals surface area (Å²) in [4.78, 5) is 13.5. The first-order valence-electron chi connectivity index (χ1n) is 5.10. The van der Waals surface area contributed by atoms with Gasteiger partial charge in [0.1, 0.15) is 0 Å². The van der Waals surface area contributed by atoms with Crippen molar-refractivity contribution in [3.8, 4) is 0 Å². The summed E-state index contributed by atoms with van der Waals surface area (Å²) in [6.45, 7) is 5.43. The first kappa shape index (κ1) is 11.2. The van der Waals surface area contributed by atoms with Gasteiger partial charge in [-0.2, -0.15) is 0 Å². The molecule has 0 spiro atoms. The molecule has 1 aliphatic rings. The average Bonchev–Trinajstić information content (AvgIpc) is 2.17. The van der Waals surface area contributed by atoms with Gasteiger partial charge in [-0.05, 0) is 26.7 Å². The minimum atomic E-state index is 0.108. The highest BCUT2D eigenvalue weighted by Gasteiger charge is 2.20. The third kappa shape index (κ3) is 3.14. The molecule has 1 fully saturated rings. The van der Waals surface area contributed by atoms with Gasteiger partial charge in [-0.1, -0.05) is 5.57 Å². The summed E-state index contributed by atoms with van der Waals surface area (Å²) in [5, 5.41) is 0. The fourth-order valence-corrected chi connectivity index (χ4v) is 1.60. The van der Waals surface area contributed by atoms with Crippen LogP contribution < -0.4 is 0 Å². The van der Waals surface area contributed by atoms with E-state index >= 15 is 0 Å². The highest BCUT2D eigenvalue weighted by molar-refractivity contribution is 5.88. The van der Waals surface area contributed by atoms with Crippen molar-refractivity contribution in [1.29, 1.82) is 0 Å². The summed E-state index contributed by atoms with van der Waals surface area (Å²) in [5.74, 6) is 0.108. The monoisotopic (exact) mass is 197 g/mol. The zero-order valence-electron chi connectivity index (χ0n) is 9.25. The molecule has 1 saturated heterocycles. The van der Waals surface area contributed by atoms with Crippen LogP contribution in [0.5, 0.6) is 0 Å². The number of carbonyl (C=O) groups excluding carboxylic acids is 1. The lowest BCUT2D eigenvalue weighted by molar-refractivity contribution is -0.128. The number of nitrogens with zero attached hydrogens (tertiary/aromatic N) is 1. The fraction of sp³-hybridized carbons (Fsp3) is 0.727. The molecule has 0 saturated carbocycles. The van der Waals surface area contributed by atoms with Gasteiger partial charge < -0.3 is 9.64 Å². The molecule has 14 heavy (non-hydrogen) atoms. The van der Waals surface area contributed by atoms with Gasteiger partial charge in [0, 0.05) is 32.4 Å². The van der Waals surface area contributed by atoms with Gasteiger partial charge in [0.15, 0.2) is 0 Å². The van der Waals surface area contributed by atoms with Gasteiger partial charge in [-0.3, -0.25) is 4.79 Å². The average molecular weight is 197 g/mol. The van der Waals surface area contributed by atoms with E-state index in [9.17, 15) is 4.79 Å². The topological polar surface area (TPSA) is 29.5 Å². The van der Waals surface area contributed by atoms with Gasteiger partial charge in [-0.15, -0.1) is 0 Å². The SMILES string of the molecule is CC(C)=CC(=O)N(C)C1CCOCC1. The zero-order chi connectivity index (χ0) is 10.6. The smallest absolute Gasteiger partial charge is 0.246 e. The number of hydrogen-bond acceptors (Lipinski definition) is 2. The molecule has 80 valence electrons. The van der Waals surface area contributed by atoms with Crippen LogP contribution in [0.25, 0.3) is 0 Å². The third-order valence-corrected chi connectivity index (χ3v) is 2.50. The number of rotatable bonds is 2. The molecule has 0 aromatic heterocycles. The predicted octanol–water partition coefficient (Wildman–Crippen LogP) is 1.59. The Balaban J connectivity index is 2.50. The van der Waals surface area contributed by atoms with Crippen molar-refractivity contribution in [2.45, 2.75) is 32.7 Å². The summed E-state index contributed by atoms with van der Waals surface area (Å²) in [7, 11) is 1.87. The highest BCUT2D eigenvalue weighted by Crippen LogP contribution is 2.13. The third-order valence-electron chi connectivity index (χ3n) is 2.50. The summed E-state index contributed by atoms with van der Waals surface area (Å²) in [5.41, 5.74) is 1.05. The van der Waals surface area contributed by atoms with Crippen LogP contribution in [0.2, 0.25) is 0 Å². The second kappa shape index (κ2) is 5.15. The first-order valence-corrected chi connectivity index (χ1v) is 5.10. The van der Waals surface area contributed by atoms with E-state index in [1.54, 1.807) is 6.08 Å². The minimum absolute atomic E-state index is 0.108. The minimum Gasteiger partial charge on any atom is -0.381 e. The van der Waals surface area contributed by atoms with E-state index < -0.39 is 0 Å². The van der Waals surface area contributed by atoms with E-state index in [0.29, 0.717) is 6.04 Å². The molecule has 0 aromatic rings. The van der Waals surface area contributed by atoms with Crippen LogP contribution in [0, 0.1) is 0 Å². The Morgan fingerprint density at radius 2 is 1.93 bits per heavy atom. The summed E-state index contributed by atoms with van der Waals surface area (Å²) in [6.07, 6.45) is 3.60. The quantitative estimate of drug-likeness (QED) is 0.629. The molecule has 0 N–H and O–H groups in total. The van der Waals surface area contributed by atoms with Crippen LogP contribution in [0.3, 0.4) is 0 Å². The second-order valence-electron chi connectivity index (χ2n) is 4.01. The van der Waals surface area contributed by atoms with Gasteiger partial charge in [-0.25, -0.2) is 0 Å². The summed E-state index contributed by atoms with van der Waals surface area (Å²) >= 11 is 0. The Kier molecular flexibility index (Phi) is 4.14. The van der Waals surface area contributed by atoms with Crippen molar-refractivity contribution in [2.75, 3.05) is 20.3 Å². The molecule has 0 aliphatic carbocycles. The maximum atomic E-state index is 11.7. The van der Waals surface area contributed by atoms with Gasteiger partial charge in [0.05, 0.1) is 0 Å². The Hall–Kier alpha value is -0.830. The number of hydrogen-bond donors (Lipinski definition) is 0. The summed E-state index contributed by atoms with van der Waals surface area (Å²) < 4.78 is 5.26. The molecule has 0 unspecified atom stereocenters. The molecule has 1 heterocycles. The van der Waals surface area contributed by atoms with Crippen LogP contribution >= 0.6 is 0 Å². The van der Waals surface area contributed by atoms with E-state index in [1.807, 2.05) is 25.8 Å². The number of ether oxygens (including phenoxy) is 1. The van der Waals surface area contributed by atoms with Crippen molar-refractivity contribution in [3.05, 3.63) is 11.6 Å². The molecule has 3 nitrogen and oxygen atoms in total. The van der Waals surface area contributed by atoms with Crippen molar-refractivity contribution >= 4 is 5.91 Å². The van der Waals surface area contributed by atoms with Gasteiger partial charge >= 0.3 is 0 Å². The van der Waals surface area contributed by atoms with Crippen LogP contribution in [0.15, 0.2) is 11.6 Å². The maximum Gasteiger partial charge on any atom is 0.246 e. The van der Waals surface area contributed by atoms with Gasteiger partial charge in [0.2, 0.25) is 5.91 Å². The summed E-state index contributed by atoms with van der Waals surface area (Å²) in [6, 6.07) is 0.354. The lowest BCUT2D eigenvalue weighted by Gasteiger charge is -2.30. The molecule has 1 aliphatic heterocycles. The molecule has 0 atom stereocenters. The predicted molar refractivity (Wildman–Crippen MR) is 56.0 cm³/mol. The molecule has 0 aromatic carbocycles. The van der Waals surface area contributed by atoms with E-state index in [0.717, 1.165) is 31.6 Å². The Bertz CT molecular complexity index is 225. The Morgan fingerprint density at radius 3 is 2.43 bits per heavy atom. The number of carbonyl (C=O) groups is 1. The number of likely N-dealkylation sites (N-methyl/N-ethyl adjacent to an activating group) is 1. The van der Waals surface area contributed by atoms with Crippen molar-refractivity contribution in [2.24, 2.45) is 0 Å². The molecule has 0 bridgehead atoms.